The van der Waals surface area contributed by atoms with Gasteiger partial charge in [-0.05, 0) is 35.7 Å². The molecule has 0 atom stereocenters. The molecule has 1 saturated heterocycles. The third kappa shape index (κ3) is 4.65. The molecule has 8 nitrogen and oxygen atoms in total. The second kappa shape index (κ2) is 9.30. The number of fused-ring (bicyclic) bond motifs is 1. The van der Waals surface area contributed by atoms with Gasteiger partial charge in [-0.25, -0.2) is 4.79 Å². The summed E-state index contributed by atoms with van der Waals surface area (Å²) in [5.41, 5.74) is 1.71. The van der Waals surface area contributed by atoms with Gasteiger partial charge in [0.1, 0.15) is 5.75 Å². The molecule has 33 heavy (non-hydrogen) atoms. The van der Waals surface area contributed by atoms with Crippen LogP contribution < -0.4 is 10.1 Å². The quantitative estimate of drug-likeness (QED) is 0.497. The third-order valence-corrected chi connectivity index (χ3v) is 5.87. The van der Waals surface area contributed by atoms with Gasteiger partial charge in [-0.3, -0.25) is 4.90 Å². The molecule has 0 radical (unpaired) electrons. The van der Waals surface area contributed by atoms with Crippen LogP contribution >= 0.6 is 0 Å². The number of nitrogens with one attached hydrogen (secondary N) is 1. The van der Waals surface area contributed by atoms with E-state index >= 15 is 0 Å². The second-order valence-electron chi connectivity index (χ2n) is 7.96. The van der Waals surface area contributed by atoms with Crippen LogP contribution in [0.15, 0.2) is 71.3 Å². The Morgan fingerprint density at radius 3 is 2.55 bits per heavy atom. The van der Waals surface area contributed by atoms with Crippen molar-refractivity contribution >= 4 is 22.5 Å². The van der Waals surface area contributed by atoms with Crippen molar-refractivity contribution in [2.75, 3.05) is 38.6 Å². The fourth-order valence-electron chi connectivity index (χ4n) is 4.01. The first-order chi connectivity index (χ1) is 16.2. The van der Waals surface area contributed by atoms with Crippen molar-refractivity contribution in [3.63, 3.8) is 0 Å². The first-order valence-corrected chi connectivity index (χ1v) is 10.9. The lowest BCUT2D eigenvalue weighted by atomic mass is 10.1. The van der Waals surface area contributed by atoms with Gasteiger partial charge in [0, 0.05) is 37.1 Å². The minimum Gasteiger partial charge on any atom is -0.497 e. The van der Waals surface area contributed by atoms with E-state index in [0.29, 0.717) is 31.3 Å². The summed E-state index contributed by atoms with van der Waals surface area (Å²) >= 11 is 0. The van der Waals surface area contributed by atoms with Crippen LogP contribution in [0, 0.1) is 0 Å². The molecular formula is C25H25N5O3. The number of anilines is 1. The molecule has 0 saturated carbocycles. The Balaban J connectivity index is 1.16. The number of urea groups is 1. The van der Waals surface area contributed by atoms with Crippen molar-refractivity contribution in [1.82, 2.24) is 19.9 Å². The highest BCUT2D eigenvalue weighted by atomic mass is 16.5. The zero-order valence-electron chi connectivity index (χ0n) is 18.4. The van der Waals surface area contributed by atoms with Crippen molar-refractivity contribution < 1.29 is 14.1 Å². The third-order valence-electron chi connectivity index (χ3n) is 5.87. The molecule has 4 aromatic rings. The number of methoxy groups -OCH3 is 1. The number of carbonyl (C=O) groups is 1. The van der Waals surface area contributed by atoms with Gasteiger partial charge in [0.15, 0.2) is 0 Å². The van der Waals surface area contributed by atoms with Crippen molar-refractivity contribution in [3.05, 3.63) is 72.6 Å². The van der Waals surface area contributed by atoms with E-state index in [1.165, 1.54) is 0 Å². The molecule has 1 aromatic heterocycles. The smallest absolute Gasteiger partial charge is 0.321 e. The molecule has 3 aromatic carbocycles. The minimum absolute atomic E-state index is 0.0782. The van der Waals surface area contributed by atoms with Gasteiger partial charge < -0.3 is 19.5 Å². The molecule has 5 rings (SSSR count). The first kappa shape index (κ1) is 21.0. The molecule has 2 amide bonds. The predicted molar refractivity (Wildman–Crippen MR) is 126 cm³/mol. The largest absolute Gasteiger partial charge is 0.497 e. The molecule has 0 bridgehead atoms. The maximum Gasteiger partial charge on any atom is 0.321 e. The van der Waals surface area contributed by atoms with Crippen LogP contribution in [-0.2, 0) is 6.54 Å². The molecule has 1 fully saturated rings. The van der Waals surface area contributed by atoms with Crippen LogP contribution in [0.5, 0.6) is 5.75 Å². The number of ether oxygens (including phenoxy) is 1. The Bertz CT molecular complexity index is 1240. The van der Waals surface area contributed by atoms with Crippen LogP contribution in [0.2, 0.25) is 0 Å². The Labute approximate surface area is 191 Å². The summed E-state index contributed by atoms with van der Waals surface area (Å²) in [4.78, 5) is 21.4. The summed E-state index contributed by atoms with van der Waals surface area (Å²) in [7, 11) is 1.63. The number of piperazine rings is 1. The minimum atomic E-state index is -0.0782. The Kier molecular flexibility index (Phi) is 5.91. The van der Waals surface area contributed by atoms with E-state index in [9.17, 15) is 4.79 Å². The number of aromatic nitrogens is 2. The standard InChI is InChI=1S/C25H25N5O3/c1-32-20-11-9-19(10-12-20)24-27-23(33-28-24)17-29-13-15-30(16-14-29)25(31)26-22-8-4-6-18-5-2-3-7-21(18)22/h2-12H,13-17H2,1H3,(H,26,31). The number of carbonyl (C=O) groups excluding carboxylic acids is 1. The van der Waals surface area contributed by atoms with Gasteiger partial charge in [-0.15, -0.1) is 0 Å². The van der Waals surface area contributed by atoms with E-state index in [4.69, 9.17) is 9.26 Å². The van der Waals surface area contributed by atoms with E-state index in [2.05, 4.69) is 20.4 Å². The fraction of sp³-hybridized carbons (Fsp3) is 0.240. The lowest BCUT2D eigenvalue weighted by molar-refractivity contribution is 0.133. The average molecular weight is 444 g/mol. The topological polar surface area (TPSA) is 83.7 Å². The van der Waals surface area contributed by atoms with Crippen LogP contribution in [0.25, 0.3) is 22.2 Å². The maximum absolute atomic E-state index is 12.8. The van der Waals surface area contributed by atoms with E-state index in [-0.39, 0.29) is 6.03 Å². The first-order valence-electron chi connectivity index (χ1n) is 10.9. The highest BCUT2D eigenvalue weighted by Crippen LogP contribution is 2.24. The Morgan fingerprint density at radius 1 is 1.00 bits per heavy atom. The number of hydrogen-bond acceptors (Lipinski definition) is 6. The zero-order valence-corrected chi connectivity index (χ0v) is 18.4. The van der Waals surface area contributed by atoms with E-state index in [1.54, 1.807) is 7.11 Å². The van der Waals surface area contributed by atoms with Crippen molar-refractivity contribution in [2.45, 2.75) is 6.54 Å². The summed E-state index contributed by atoms with van der Waals surface area (Å²) < 4.78 is 10.6. The van der Waals surface area contributed by atoms with E-state index in [1.807, 2.05) is 71.6 Å². The highest BCUT2D eigenvalue weighted by Gasteiger charge is 2.23. The van der Waals surface area contributed by atoms with E-state index in [0.717, 1.165) is 40.9 Å². The number of amides is 2. The molecule has 0 spiro atoms. The van der Waals surface area contributed by atoms with Crippen molar-refractivity contribution in [1.29, 1.82) is 0 Å². The number of rotatable bonds is 5. The van der Waals surface area contributed by atoms with Crippen LogP contribution in [0.1, 0.15) is 5.89 Å². The molecule has 0 unspecified atom stereocenters. The lowest BCUT2D eigenvalue weighted by Crippen LogP contribution is -2.49. The van der Waals surface area contributed by atoms with Crippen LogP contribution in [0.3, 0.4) is 0 Å². The molecule has 0 aliphatic carbocycles. The summed E-state index contributed by atoms with van der Waals surface area (Å²) in [6.45, 7) is 3.31. The summed E-state index contributed by atoms with van der Waals surface area (Å²) in [5, 5.41) is 9.30. The van der Waals surface area contributed by atoms with E-state index < -0.39 is 0 Å². The van der Waals surface area contributed by atoms with Gasteiger partial charge in [0.05, 0.1) is 19.3 Å². The molecule has 2 heterocycles. The monoisotopic (exact) mass is 443 g/mol. The summed E-state index contributed by atoms with van der Waals surface area (Å²) in [6.07, 6.45) is 0. The predicted octanol–water partition coefficient (Wildman–Crippen LogP) is 4.25. The highest BCUT2D eigenvalue weighted by molar-refractivity contribution is 6.01. The molecule has 1 aliphatic heterocycles. The Morgan fingerprint density at radius 2 is 1.76 bits per heavy atom. The van der Waals surface area contributed by atoms with Crippen LogP contribution in [0.4, 0.5) is 10.5 Å². The molecule has 8 heteroatoms. The van der Waals surface area contributed by atoms with Gasteiger partial charge in [-0.2, -0.15) is 4.98 Å². The number of benzene rings is 3. The van der Waals surface area contributed by atoms with Gasteiger partial charge in [0.2, 0.25) is 11.7 Å². The van der Waals surface area contributed by atoms with Gasteiger partial charge in [0.25, 0.3) is 0 Å². The normalized spacial score (nSPS) is 14.4. The second-order valence-corrected chi connectivity index (χ2v) is 7.96. The molecule has 1 aliphatic rings. The fourth-order valence-corrected chi connectivity index (χ4v) is 4.01. The van der Waals surface area contributed by atoms with Crippen molar-refractivity contribution in [2.24, 2.45) is 0 Å². The van der Waals surface area contributed by atoms with Crippen LogP contribution in [-0.4, -0.2) is 59.3 Å². The molecule has 168 valence electrons. The van der Waals surface area contributed by atoms with Gasteiger partial charge in [-0.1, -0.05) is 41.6 Å². The molecular weight excluding hydrogens is 418 g/mol. The number of hydrogen-bond donors (Lipinski definition) is 1. The lowest BCUT2D eigenvalue weighted by Gasteiger charge is -2.34. The average Bonchev–Trinajstić information content (AvgIpc) is 3.33. The maximum atomic E-state index is 12.8. The summed E-state index contributed by atoms with van der Waals surface area (Å²) in [5.74, 6) is 1.90. The SMILES string of the molecule is COc1ccc(-c2noc(CN3CCN(C(=O)Nc4cccc5ccccc45)CC3)n2)cc1. The Hall–Kier alpha value is -3.91. The molecule has 1 N–H and O–H groups in total. The van der Waals surface area contributed by atoms with Gasteiger partial charge >= 0.3 is 6.03 Å². The van der Waals surface area contributed by atoms with Crippen molar-refractivity contribution in [3.8, 4) is 17.1 Å². The summed E-state index contributed by atoms with van der Waals surface area (Å²) in [6, 6.07) is 21.4. The zero-order chi connectivity index (χ0) is 22.6. The number of nitrogens with zero attached hydrogens (tertiary/aromatic N) is 4.